The highest BCUT2D eigenvalue weighted by molar-refractivity contribution is 5.94. The van der Waals surface area contributed by atoms with E-state index in [-0.39, 0.29) is 0 Å². The normalized spacial score (nSPS) is 12.6. The largest absolute Gasteiger partial charge is 0.380 e. The van der Waals surface area contributed by atoms with Crippen LogP contribution in [0.15, 0.2) is 36.5 Å². The molecule has 5 N–H and O–H groups in total. The lowest BCUT2D eigenvalue weighted by molar-refractivity contribution is 0.0129. The molecule has 198 valence electrons. The number of nitrogens with one attached hydrogen (secondary N) is 2. The van der Waals surface area contributed by atoms with E-state index in [0.29, 0.717) is 30.5 Å². The highest BCUT2D eigenvalue weighted by Crippen LogP contribution is 2.33. The lowest BCUT2D eigenvalue weighted by Gasteiger charge is -2.24. The number of hydrogen-bond acceptors (Lipinski definition) is 9. The number of ether oxygens (including phenoxy) is 1. The van der Waals surface area contributed by atoms with E-state index >= 15 is 0 Å². The van der Waals surface area contributed by atoms with Gasteiger partial charge in [0.05, 0.1) is 29.5 Å². The first-order chi connectivity index (χ1) is 18.3. The van der Waals surface area contributed by atoms with Crippen LogP contribution in [0.4, 0.5) is 5.82 Å². The van der Waals surface area contributed by atoms with E-state index in [2.05, 4.69) is 27.6 Å². The van der Waals surface area contributed by atoms with Crippen molar-refractivity contribution < 1.29 is 9.84 Å². The summed E-state index contributed by atoms with van der Waals surface area (Å²) in [6.45, 7) is 7.85. The lowest BCUT2D eigenvalue weighted by atomic mass is 10.0. The summed E-state index contributed by atoms with van der Waals surface area (Å²) in [5.74, 6) is 6.79. The van der Waals surface area contributed by atoms with Gasteiger partial charge in [0, 0.05) is 47.8 Å². The standard InChI is InChI=1S/C27H33N9O2/c1-6-36-16(3)18(12-29-36)13-35(4)27(37)24-20-10-17(14-38-5)7-8-22(20)30-25(31-24)19-11-21-23(9-15(19)2)33-34-26(21)32-28/h7-12,27,37H,6,13-14,28H2,1-5H3,(H2,32,33,34). The molecule has 0 amide bonds. The van der Waals surface area contributed by atoms with E-state index in [1.54, 1.807) is 7.11 Å². The van der Waals surface area contributed by atoms with E-state index in [1.165, 1.54) is 0 Å². The number of aromatic amines is 1. The third-order valence-corrected chi connectivity index (χ3v) is 6.97. The Balaban J connectivity index is 1.63. The fourth-order valence-corrected chi connectivity index (χ4v) is 4.81. The van der Waals surface area contributed by atoms with Crippen LogP contribution in [0.3, 0.4) is 0 Å². The number of anilines is 1. The number of hydrogen-bond donors (Lipinski definition) is 4. The predicted octanol–water partition coefficient (Wildman–Crippen LogP) is 3.56. The number of fused-ring (bicyclic) bond motifs is 2. The minimum Gasteiger partial charge on any atom is -0.380 e. The number of hydrazine groups is 1. The molecule has 3 heterocycles. The monoisotopic (exact) mass is 515 g/mol. The predicted molar refractivity (Wildman–Crippen MR) is 147 cm³/mol. The van der Waals surface area contributed by atoms with E-state index in [0.717, 1.165) is 56.3 Å². The van der Waals surface area contributed by atoms with Gasteiger partial charge in [-0.1, -0.05) is 6.07 Å². The molecule has 5 rings (SSSR count). The Bertz CT molecular complexity index is 1610. The topological polar surface area (TPSA) is 143 Å². The van der Waals surface area contributed by atoms with E-state index in [9.17, 15) is 5.11 Å². The van der Waals surface area contributed by atoms with Crippen LogP contribution in [-0.2, 0) is 24.4 Å². The second kappa shape index (κ2) is 10.5. The molecule has 0 aliphatic rings. The minimum absolute atomic E-state index is 0.448. The van der Waals surface area contributed by atoms with Crippen molar-refractivity contribution in [1.29, 1.82) is 0 Å². The molecule has 0 saturated heterocycles. The maximum Gasteiger partial charge on any atom is 0.160 e. The SMILES string of the molecule is CCn1ncc(CN(C)C(O)c2nc(-c3cc4c(NN)[nH]nc4cc3C)nc3ccc(COC)cc23)c1C. The van der Waals surface area contributed by atoms with Crippen LogP contribution in [0.25, 0.3) is 33.2 Å². The summed E-state index contributed by atoms with van der Waals surface area (Å²) in [6.07, 6.45) is 0.870. The fraction of sp³-hybridized carbons (Fsp3) is 0.333. The second-order valence-corrected chi connectivity index (χ2v) is 9.50. The van der Waals surface area contributed by atoms with Crippen LogP contribution in [-0.4, -0.2) is 54.1 Å². The van der Waals surface area contributed by atoms with Gasteiger partial charge in [0.25, 0.3) is 0 Å². The van der Waals surface area contributed by atoms with Crippen LogP contribution in [0.2, 0.25) is 0 Å². The molecule has 0 bridgehead atoms. The summed E-state index contributed by atoms with van der Waals surface area (Å²) in [4.78, 5) is 11.7. The van der Waals surface area contributed by atoms with Crippen molar-refractivity contribution in [3.63, 3.8) is 0 Å². The molecule has 0 saturated carbocycles. The molecule has 0 fully saturated rings. The van der Waals surface area contributed by atoms with Gasteiger partial charge in [-0.15, -0.1) is 0 Å². The van der Waals surface area contributed by atoms with Gasteiger partial charge in [0.15, 0.2) is 12.1 Å². The summed E-state index contributed by atoms with van der Waals surface area (Å²) < 4.78 is 7.29. The molecular weight excluding hydrogens is 482 g/mol. The summed E-state index contributed by atoms with van der Waals surface area (Å²) in [6, 6.07) is 9.84. The summed E-state index contributed by atoms with van der Waals surface area (Å²) in [7, 11) is 3.54. The van der Waals surface area contributed by atoms with Crippen molar-refractivity contribution in [2.75, 3.05) is 19.6 Å². The number of nitrogen functional groups attached to an aromatic ring is 1. The molecule has 3 aromatic heterocycles. The van der Waals surface area contributed by atoms with Gasteiger partial charge in [-0.05, 0) is 63.2 Å². The quantitative estimate of drug-likeness (QED) is 0.132. The van der Waals surface area contributed by atoms with Crippen LogP contribution < -0.4 is 11.3 Å². The Hall–Kier alpha value is -3.90. The maximum atomic E-state index is 11.6. The number of aliphatic hydroxyl groups is 1. The Kier molecular flexibility index (Phi) is 7.09. The Morgan fingerprint density at radius 2 is 1.97 bits per heavy atom. The van der Waals surface area contributed by atoms with Gasteiger partial charge in [0.2, 0.25) is 0 Å². The summed E-state index contributed by atoms with van der Waals surface area (Å²) in [5.41, 5.74) is 9.58. The van der Waals surface area contributed by atoms with Gasteiger partial charge in [-0.25, -0.2) is 15.8 Å². The van der Waals surface area contributed by atoms with E-state index in [4.69, 9.17) is 20.5 Å². The zero-order valence-electron chi connectivity index (χ0n) is 22.3. The average Bonchev–Trinajstić information content (AvgIpc) is 3.49. The van der Waals surface area contributed by atoms with Crippen LogP contribution in [0.1, 0.15) is 41.2 Å². The van der Waals surface area contributed by atoms with Gasteiger partial charge in [0.1, 0.15) is 5.82 Å². The smallest absolute Gasteiger partial charge is 0.160 e. The summed E-state index contributed by atoms with van der Waals surface area (Å²) in [5, 5.41) is 24.9. The molecule has 11 nitrogen and oxygen atoms in total. The molecule has 2 aromatic carbocycles. The summed E-state index contributed by atoms with van der Waals surface area (Å²) >= 11 is 0. The molecule has 38 heavy (non-hydrogen) atoms. The molecule has 0 radical (unpaired) electrons. The average molecular weight is 516 g/mol. The molecule has 5 aromatic rings. The van der Waals surface area contributed by atoms with E-state index < -0.39 is 6.23 Å². The van der Waals surface area contributed by atoms with Gasteiger partial charge in [-0.3, -0.25) is 14.7 Å². The van der Waals surface area contributed by atoms with Crippen LogP contribution in [0.5, 0.6) is 0 Å². The highest BCUT2D eigenvalue weighted by atomic mass is 16.5. The highest BCUT2D eigenvalue weighted by Gasteiger charge is 2.23. The number of nitrogens with two attached hydrogens (primary N) is 1. The number of nitrogens with zero attached hydrogens (tertiary/aromatic N) is 6. The lowest BCUT2D eigenvalue weighted by Crippen LogP contribution is -2.25. The van der Waals surface area contributed by atoms with Crippen molar-refractivity contribution in [2.45, 2.75) is 46.7 Å². The third-order valence-electron chi connectivity index (χ3n) is 6.97. The van der Waals surface area contributed by atoms with Gasteiger partial charge >= 0.3 is 0 Å². The molecule has 1 atom stereocenters. The first-order valence-electron chi connectivity index (χ1n) is 12.5. The van der Waals surface area contributed by atoms with Gasteiger partial charge in [-0.2, -0.15) is 10.2 Å². The molecule has 0 aliphatic carbocycles. The van der Waals surface area contributed by atoms with Crippen molar-refractivity contribution in [2.24, 2.45) is 5.84 Å². The molecule has 0 aliphatic heterocycles. The zero-order valence-corrected chi connectivity index (χ0v) is 22.3. The Labute approximate surface area is 220 Å². The first kappa shape index (κ1) is 25.7. The van der Waals surface area contributed by atoms with Crippen molar-refractivity contribution in [1.82, 2.24) is 34.8 Å². The Morgan fingerprint density at radius 1 is 1.16 bits per heavy atom. The molecular formula is C27H33N9O2. The van der Waals surface area contributed by atoms with Gasteiger partial charge < -0.3 is 15.3 Å². The molecule has 1 unspecified atom stereocenters. The Morgan fingerprint density at radius 3 is 2.68 bits per heavy atom. The van der Waals surface area contributed by atoms with Crippen LogP contribution >= 0.6 is 0 Å². The van der Waals surface area contributed by atoms with Crippen molar-refractivity contribution in [3.05, 3.63) is 64.6 Å². The van der Waals surface area contributed by atoms with Crippen molar-refractivity contribution in [3.8, 4) is 11.4 Å². The van der Waals surface area contributed by atoms with E-state index in [1.807, 2.05) is 67.0 Å². The molecule has 0 spiro atoms. The van der Waals surface area contributed by atoms with Crippen molar-refractivity contribution >= 4 is 27.6 Å². The number of aryl methyl sites for hydroxylation is 2. The second-order valence-electron chi connectivity index (χ2n) is 9.50. The molecule has 11 heteroatoms. The third kappa shape index (κ3) is 4.61. The maximum absolute atomic E-state index is 11.6. The number of H-pyrrole nitrogens is 1. The number of aliphatic hydroxyl groups excluding tert-OH is 1. The minimum atomic E-state index is -0.986. The fourth-order valence-electron chi connectivity index (χ4n) is 4.81. The number of aromatic nitrogens is 6. The first-order valence-corrected chi connectivity index (χ1v) is 12.5. The number of rotatable bonds is 9. The zero-order chi connectivity index (χ0) is 27.0. The number of methoxy groups -OCH3 is 1. The number of benzene rings is 2. The van der Waals surface area contributed by atoms with Crippen LogP contribution in [0, 0.1) is 13.8 Å².